The minimum absolute atomic E-state index is 0.0289. The van der Waals surface area contributed by atoms with Crippen LogP contribution < -0.4 is 10.6 Å². The Kier molecular flexibility index (Phi) is 4.77. The molecule has 0 saturated heterocycles. The summed E-state index contributed by atoms with van der Waals surface area (Å²) in [6.07, 6.45) is 4.55. The van der Waals surface area contributed by atoms with Crippen molar-refractivity contribution in [2.75, 3.05) is 5.32 Å². The maximum atomic E-state index is 13.1. The number of carboxylic acid groups (broad SMARTS) is 1. The molecule has 1 atom stereocenters. The minimum Gasteiger partial charge on any atom is -0.478 e. The Morgan fingerprint density at radius 2 is 2.00 bits per heavy atom. The maximum Gasteiger partial charge on any atom is 0.337 e. The summed E-state index contributed by atoms with van der Waals surface area (Å²) >= 11 is 0. The second kappa shape index (κ2) is 6.56. The second-order valence-corrected chi connectivity index (χ2v) is 5.43. The Hall–Kier alpha value is -2.11. The number of carbonyl (C=O) groups excluding carboxylic acids is 1. The number of nitrogens with one attached hydrogen (secondary N) is 2. The maximum absolute atomic E-state index is 13.1. The Morgan fingerprint density at radius 3 is 2.62 bits per heavy atom. The van der Waals surface area contributed by atoms with E-state index in [1.54, 1.807) is 0 Å². The van der Waals surface area contributed by atoms with Crippen molar-refractivity contribution in [3.63, 3.8) is 0 Å². The summed E-state index contributed by atoms with van der Waals surface area (Å²) in [4.78, 5) is 23.0. The highest BCUT2D eigenvalue weighted by atomic mass is 19.1. The van der Waals surface area contributed by atoms with E-state index in [2.05, 4.69) is 10.6 Å². The van der Waals surface area contributed by atoms with Gasteiger partial charge in [0.25, 0.3) is 0 Å². The number of carbonyl (C=O) groups is 2. The Labute approximate surface area is 122 Å². The van der Waals surface area contributed by atoms with E-state index in [1.807, 2.05) is 6.92 Å². The standard InChI is InChI=1S/C15H19FN2O3/c1-9(10-4-2-3-5-10)17-15(21)18-13-7-6-11(16)8-12(13)14(19)20/h6-10H,2-5H2,1H3,(H,19,20)(H2,17,18,21). The summed E-state index contributed by atoms with van der Waals surface area (Å²) in [7, 11) is 0. The molecule has 1 saturated carbocycles. The number of hydrogen-bond acceptors (Lipinski definition) is 2. The molecule has 1 fully saturated rings. The first-order valence-electron chi connectivity index (χ1n) is 7.07. The molecule has 6 heteroatoms. The van der Waals surface area contributed by atoms with Gasteiger partial charge in [-0.2, -0.15) is 0 Å². The lowest BCUT2D eigenvalue weighted by molar-refractivity contribution is 0.0697. The van der Waals surface area contributed by atoms with Gasteiger partial charge in [-0.15, -0.1) is 0 Å². The monoisotopic (exact) mass is 294 g/mol. The highest BCUT2D eigenvalue weighted by Gasteiger charge is 2.23. The number of benzene rings is 1. The minimum atomic E-state index is -1.28. The quantitative estimate of drug-likeness (QED) is 0.797. The van der Waals surface area contributed by atoms with Crippen molar-refractivity contribution < 1.29 is 19.1 Å². The van der Waals surface area contributed by atoms with E-state index in [0.717, 1.165) is 25.0 Å². The fourth-order valence-corrected chi connectivity index (χ4v) is 2.74. The summed E-state index contributed by atoms with van der Waals surface area (Å²) in [6, 6.07) is 2.81. The van der Waals surface area contributed by atoms with Crippen LogP contribution in [0.25, 0.3) is 0 Å². The van der Waals surface area contributed by atoms with Crippen LogP contribution in [0, 0.1) is 11.7 Å². The van der Waals surface area contributed by atoms with Gasteiger partial charge in [-0.05, 0) is 43.9 Å². The molecule has 21 heavy (non-hydrogen) atoms. The van der Waals surface area contributed by atoms with Crippen LogP contribution in [0.15, 0.2) is 18.2 Å². The van der Waals surface area contributed by atoms with Crippen LogP contribution in [-0.2, 0) is 0 Å². The van der Waals surface area contributed by atoms with Crippen molar-refractivity contribution in [3.8, 4) is 0 Å². The number of rotatable bonds is 4. The molecule has 0 radical (unpaired) electrons. The number of anilines is 1. The van der Waals surface area contributed by atoms with Gasteiger partial charge in [-0.25, -0.2) is 14.0 Å². The van der Waals surface area contributed by atoms with Gasteiger partial charge in [0.05, 0.1) is 11.3 Å². The zero-order valence-corrected chi connectivity index (χ0v) is 11.9. The van der Waals surface area contributed by atoms with Crippen molar-refractivity contribution in [3.05, 3.63) is 29.6 Å². The second-order valence-electron chi connectivity index (χ2n) is 5.43. The number of urea groups is 1. The zero-order valence-electron chi connectivity index (χ0n) is 11.9. The number of carboxylic acids is 1. The smallest absolute Gasteiger partial charge is 0.337 e. The van der Waals surface area contributed by atoms with Gasteiger partial charge < -0.3 is 15.7 Å². The highest BCUT2D eigenvalue weighted by Crippen LogP contribution is 2.27. The van der Waals surface area contributed by atoms with Gasteiger partial charge in [0.2, 0.25) is 0 Å². The molecule has 1 aromatic carbocycles. The molecule has 1 aliphatic carbocycles. The van der Waals surface area contributed by atoms with E-state index in [0.29, 0.717) is 5.92 Å². The molecule has 1 unspecified atom stereocenters. The van der Waals surface area contributed by atoms with Crippen molar-refractivity contribution in [1.82, 2.24) is 5.32 Å². The molecule has 0 aliphatic heterocycles. The molecule has 1 aromatic rings. The molecule has 1 aliphatic rings. The largest absolute Gasteiger partial charge is 0.478 e. The first-order chi connectivity index (χ1) is 9.97. The normalized spacial score (nSPS) is 16.5. The first kappa shape index (κ1) is 15.3. The summed E-state index contributed by atoms with van der Waals surface area (Å²) in [6.45, 7) is 1.94. The zero-order chi connectivity index (χ0) is 15.4. The van der Waals surface area contributed by atoms with Gasteiger partial charge in [-0.1, -0.05) is 12.8 Å². The van der Waals surface area contributed by atoms with Crippen LogP contribution in [0.3, 0.4) is 0 Å². The fraction of sp³-hybridized carbons (Fsp3) is 0.467. The predicted octanol–water partition coefficient (Wildman–Crippen LogP) is 3.22. The van der Waals surface area contributed by atoms with Gasteiger partial charge in [0.1, 0.15) is 5.82 Å². The predicted molar refractivity (Wildman–Crippen MR) is 76.9 cm³/mol. The molecule has 5 nitrogen and oxygen atoms in total. The van der Waals surface area contributed by atoms with Gasteiger partial charge in [0, 0.05) is 6.04 Å². The fourth-order valence-electron chi connectivity index (χ4n) is 2.74. The van der Waals surface area contributed by atoms with Crippen molar-refractivity contribution in [1.29, 1.82) is 0 Å². The van der Waals surface area contributed by atoms with Gasteiger partial charge in [-0.3, -0.25) is 0 Å². The van der Waals surface area contributed by atoms with E-state index in [4.69, 9.17) is 5.11 Å². The van der Waals surface area contributed by atoms with Crippen LogP contribution in [0.1, 0.15) is 43.0 Å². The van der Waals surface area contributed by atoms with Crippen molar-refractivity contribution >= 4 is 17.7 Å². The number of aromatic carboxylic acids is 1. The summed E-state index contributed by atoms with van der Waals surface area (Å²) < 4.78 is 13.1. The Bertz CT molecular complexity index is 542. The highest BCUT2D eigenvalue weighted by molar-refractivity contribution is 6.00. The molecule has 0 aromatic heterocycles. The van der Waals surface area contributed by atoms with E-state index < -0.39 is 17.8 Å². The molecular formula is C15H19FN2O3. The molecule has 0 spiro atoms. The number of amides is 2. The van der Waals surface area contributed by atoms with Crippen LogP contribution in [-0.4, -0.2) is 23.1 Å². The Morgan fingerprint density at radius 1 is 1.33 bits per heavy atom. The van der Waals surface area contributed by atoms with E-state index >= 15 is 0 Å². The van der Waals surface area contributed by atoms with E-state index in [-0.39, 0.29) is 17.3 Å². The lowest BCUT2D eigenvalue weighted by atomic mass is 10.0. The first-order valence-corrected chi connectivity index (χ1v) is 7.07. The average molecular weight is 294 g/mol. The average Bonchev–Trinajstić information content (AvgIpc) is 2.94. The lowest BCUT2D eigenvalue weighted by Crippen LogP contribution is -2.40. The SMILES string of the molecule is CC(NC(=O)Nc1ccc(F)cc1C(=O)O)C1CCCC1. The van der Waals surface area contributed by atoms with Crippen LogP contribution in [0.5, 0.6) is 0 Å². The Balaban J connectivity index is 2.00. The van der Waals surface area contributed by atoms with E-state index in [9.17, 15) is 14.0 Å². The topological polar surface area (TPSA) is 78.4 Å². The third kappa shape index (κ3) is 3.93. The van der Waals surface area contributed by atoms with Crippen LogP contribution in [0.4, 0.5) is 14.9 Å². The van der Waals surface area contributed by atoms with E-state index in [1.165, 1.54) is 18.9 Å². The van der Waals surface area contributed by atoms with Crippen LogP contribution in [0.2, 0.25) is 0 Å². The molecular weight excluding hydrogens is 275 g/mol. The molecule has 3 N–H and O–H groups in total. The molecule has 114 valence electrons. The molecule has 2 amide bonds. The summed E-state index contributed by atoms with van der Waals surface area (Å²) in [5.41, 5.74) is -0.182. The van der Waals surface area contributed by atoms with Crippen molar-refractivity contribution in [2.45, 2.75) is 38.6 Å². The lowest BCUT2D eigenvalue weighted by Gasteiger charge is -2.20. The molecule has 0 heterocycles. The number of hydrogen-bond donors (Lipinski definition) is 3. The summed E-state index contributed by atoms with van der Waals surface area (Å²) in [5, 5.41) is 14.3. The third-order valence-electron chi connectivity index (χ3n) is 3.93. The molecule has 0 bridgehead atoms. The van der Waals surface area contributed by atoms with Gasteiger partial charge >= 0.3 is 12.0 Å². The third-order valence-corrected chi connectivity index (χ3v) is 3.93. The van der Waals surface area contributed by atoms with Gasteiger partial charge in [0.15, 0.2) is 0 Å². The van der Waals surface area contributed by atoms with Crippen LogP contribution >= 0.6 is 0 Å². The summed E-state index contributed by atoms with van der Waals surface area (Å²) in [5.74, 6) is -1.48. The number of halogens is 1. The molecule has 2 rings (SSSR count). The van der Waals surface area contributed by atoms with Crippen molar-refractivity contribution in [2.24, 2.45) is 5.92 Å².